The molecule has 1 amide bonds. The fourth-order valence-electron chi connectivity index (χ4n) is 1.48. The molecule has 0 aliphatic rings. The minimum Gasteiger partial charge on any atom is -0.370 e. The molecule has 8 heteroatoms. The van der Waals surface area contributed by atoms with Crippen LogP contribution in [0.25, 0.3) is 0 Å². The summed E-state index contributed by atoms with van der Waals surface area (Å²) in [4.78, 5) is 24.9. The Kier molecular flexibility index (Phi) is 4.07. The van der Waals surface area contributed by atoms with Crippen molar-refractivity contribution >= 4 is 29.0 Å². The SMILES string of the molecule is CC(C)(CC(N)=O)Nc1cc([N+](=O)[O-])cc(Cl)n1. The molecule has 3 N–H and O–H groups in total. The second-order valence-electron chi connectivity index (χ2n) is 4.44. The standard InChI is InChI=1S/C10H13ClN4O3/c1-10(2,5-8(12)16)14-9-4-6(15(17)18)3-7(11)13-9/h3-4H,5H2,1-2H3,(H2,12,16)(H,13,14). The molecule has 0 aliphatic carbocycles. The van der Waals surface area contributed by atoms with Crippen molar-refractivity contribution in [3.8, 4) is 0 Å². The molecule has 1 aromatic rings. The Labute approximate surface area is 108 Å². The average Bonchev–Trinajstić information content (AvgIpc) is 2.12. The summed E-state index contributed by atoms with van der Waals surface area (Å²) in [5.41, 5.74) is 4.26. The summed E-state index contributed by atoms with van der Waals surface area (Å²) in [5.74, 6) is -0.260. The number of amides is 1. The van der Waals surface area contributed by atoms with Crippen molar-refractivity contribution in [2.75, 3.05) is 5.32 Å². The van der Waals surface area contributed by atoms with Crippen molar-refractivity contribution < 1.29 is 9.72 Å². The molecule has 18 heavy (non-hydrogen) atoms. The van der Waals surface area contributed by atoms with E-state index in [-0.39, 0.29) is 23.1 Å². The van der Waals surface area contributed by atoms with Crippen molar-refractivity contribution in [2.24, 2.45) is 5.73 Å². The molecule has 7 nitrogen and oxygen atoms in total. The highest BCUT2D eigenvalue weighted by atomic mass is 35.5. The molecule has 0 saturated heterocycles. The van der Waals surface area contributed by atoms with Gasteiger partial charge in [0.15, 0.2) is 0 Å². The highest BCUT2D eigenvalue weighted by Gasteiger charge is 2.22. The van der Waals surface area contributed by atoms with Gasteiger partial charge in [-0.1, -0.05) is 11.6 Å². The van der Waals surface area contributed by atoms with Gasteiger partial charge >= 0.3 is 0 Å². The highest BCUT2D eigenvalue weighted by molar-refractivity contribution is 6.29. The van der Waals surface area contributed by atoms with Gasteiger partial charge in [-0.15, -0.1) is 0 Å². The molecule has 98 valence electrons. The van der Waals surface area contributed by atoms with Crippen LogP contribution >= 0.6 is 11.6 Å². The molecular weight excluding hydrogens is 260 g/mol. The van der Waals surface area contributed by atoms with Crippen molar-refractivity contribution in [1.82, 2.24) is 4.98 Å². The Balaban J connectivity index is 2.97. The Morgan fingerprint density at radius 1 is 1.61 bits per heavy atom. The zero-order valence-corrected chi connectivity index (χ0v) is 10.7. The molecule has 0 fully saturated rings. The molecule has 1 aromatic heterocycles. The molecule has 0 unspecified atom stereocenters. The fraction of sp³-hybridized carbons (Fsp3) is 0.400. The average molecular weight is 273 g/mol. The number of hydrogen-bond donors (Lipinski definition) is 2. The minimum atomic E-state index is -0.669. The summed E-state index contributed by atoms with van der Waals surface area (Å²) < 4.78 is 0. The molecule has 0 spiro atoms. The van der Waals surface area contributed by atoms with Crippen LogP contribution in [0.15, 0.2) is 12.1 Å². The van der Waals surface area contributed by atoms with E-state index in [0.29, 0.717) is 0 Å². The summed E-state index contributed by atoms with van der Waals surface area (Å²) in [7, 11) is 0. The number of pyridine rings is 1. The Morgan fingerprint density at radius 2 is 2.22 bits per heavy atom. The second-order valence-corrected chi connectivity index (χ2v) is 4.83. The van der Waals surface area contributed by atoms with Crippen LogP contribution in [0.5, 0.6) is 0 Å². The van der Waals surface area contributed by atoms with Crippen LogP contribution in [0.3, 0.4) is 0 Å². The monoisotopic (exact) mass is 272 g/mol. The van der Waals surface area contributed by atoms with Gasteiger partial charge in [-0.2, -0.15) is 0 Å². The van der Waals surface area contributed by atoms with E-state index in [1.807, 2.05) is 0 Å². The number of rotatable bonds is 5. The molecule has 1 rings (SSSR count). The third-order valence-corrected chi connectivity index (χ3v) is 2.27. The first-order valence-corrected chi connectivity index (χ1v) is 5.46. The summed E-state index contributed by atoms with van der Waals surface area (Å²) in [6, 6.07) is 2.39. The number of hydrogen-bond acceptors (Lipinski definition) is 5. The minimum absolute atomic E-state index is 0.00146. The van der Waals surface area contributed by atoms with Gasteiger partial charge in [0.05, 0.1) is 17.1 Å². The number of nitrogens with two attached hydrogens (primary N) is 1. The van der Waals surface area contributed by atoms with Crippen LogP contribution in [-0.4, -0.2) is 21.4 Å². The van der Waals surface area contributed by atoms with E-state index in [9.17, 15) is 14.9 Å². The summed E-state index contributed by atoms with van der Waals surface area (Å²) in [6.45, 7) is 3.46. The van der Waals surface area contributed by atoms with Crippen LogP contribution < -0.4 is 11.1 Å². The largest absolute Gasteiger partial charge is 0.370 e. The lowest BCUT2D eigenvalue weighted by molar-refractivity contribution is -0.384. The predicted octanol–water partition coefficient (Wildman–Crippen LogP) is 1.71. The van der Waals surface area contributed by atoms with Crippen LogP contribution in [0, 0.1) is 10.1 Å². The van der Waals surface area contributed by atoms with Gasteiger partial charge in [-0.3, -0.25) is 14.9 Å². The first kappa shape index (κ1) is 14.2. The molecule has 0 saturated carbocycles. The number of primary amides is 1. The third-order valence-electron chi connectivity index (χ3n) is 2.07. The van der Waals surface area contributed by atoms with E-state index < -0.39 is 16.4 Å². The molecule has 0 atom stereocenters. The molecule has 1 heterocycles. The number of halogens is 1. The third kappa shape index (κ3) is 4.17. The van der Waals surface area contributed by atoms with Gasteiger partial charge in [0, 0.05) is 12.0 Å². The van der Waals surface area contributed by atoms with E-state index in [0.717, 1.165) is 6.07 Å². The normalized spacial score (nSPS) is 11.1. The number of carbonyl (C=O) groups is 1. The lowest BCUT2D eigenvalue weighted by Crippen LogP contribution is -2.36. The van der Waals surface area contributed by atoms with Crippen molar-refractivity contribution in [1.29, 1.82) is 0 Å². The summed E-state index contributed by atoms with van der Waals surface area (Å²) in [5, 5.41) is 13.6. The first-order chi connectivity index (χ1) is 8.19. The zero-order valence-electron chi connectivity index (χ0n) is 9.94. The lowest BCUT2D eigenvalue weighted by Gasteiger charge is -2.25. The molecule has 0 aromatic carbocycles. The fourth-order valence-corrected chi connectivity index (χ4v) is 1.68. The maximum atomic E-state index is 10.9. The first-order valence-electron chi connectivity index (χ1n) is 5.08. The molecule has 0 radical (unpaired) electrons. The number of aromatic nitrogens is 1. The van der Waals surface area contributed by atoms with E-state index >= 15 is 0 Å². The van der Waals surface area contributed by atoms with E-state index in [2.05, 4.69) is 10.3 Å². The Morgan fingerprint density at radius 3 is 2.72 bits per heavy atom. The van der Waals surface area contributed by atoms with Gasteiger partial charge in [0.1, 0.15) is 11.0 Å². The zero-order chi connectivity index (χ0) is 13.9. The van der Waals surface area contributed by atoms with Crippen LogP contribution in [0.1, 0.15) is 20.3 Å². The van der Waals surface area contributed by atoms with E-state index in [1.165, 1.54) is 6.07 Å². The second kappa shape index (κ2) is 5.18. The van der Waals surface area contributed by atoms with Crippen molar-refractivity contribution in [3.05, 3.63) is 27.4 Å². The smallest absolute Gasteiger partial charge is 0.276 e. The van der Waals surface area contributed by atoms with Crippen molar-refractivity contribution in [2.45, 2.75) is 25.8 Å². The van der Waals surface area contributed by atoms with Crippen LogP contribution in [-0.2, 0) is 4.79 Å². The van der Waals surface area contributed by atoms with Crippen molar-refractivity contribution in [3.63, 3.8) is 0 Å². The number of nitrogens with one attached hydrogen (secondary N) is 1. The van der Waals surface area contributed by atoms with E-state index in [1.54, 1.807) is 13.8 Å². The Bertz CT molecular complexity index is 490. The molecular formula is C10H13ClN4O3. The Hall–Kier alpha value is -1.89. The maximum absolute atomic E-state index is 10.9. The number of nitrogens with zero attached hydrogens (tertiary/aromatic N) is 2. The summed E-state index contributed by atoms with van der Waals surface area (Å²) in [6.07, 6.45) is 0.0645. The number of nitro groups is 1. The quantitative estimate of drug-likeness (QED) is 0.481. The van der Waals surface area contributed by atoms with Gasteiger partial charge in [-0.05, 0) is 13.8 Å². The van der Waals surface area contributed by atoms with Gasteiger partial charge in [-0.25, -0.2) is 4.98 Å². The van der Waals surface area contributed by atoms with Gasteiger partial charge in [0.25, 0.3) is 5.69 Å². The highest BCUT2D eigenvalue weighted by Crippen LogP contribution is 2.23. The van der Waals surface area contributed by atoms with E-state index in [4.69, 9.17) is 17.3 Å². The van der Waals surface area contributed by atoms with Crippen LogP contribution in [0.2, 0.25) is 5.15 Å². The number of carbonyl (C=O) groups excluding carboxylic acids is 1. The van der Waals surface area contributed by atoms with Crippen LogP contribution in [0.4, 0.5) is 11.5 Å². The van der Waals surface area contributed by atoms with Gasteiger partial charge < -0.3 is 11.1 Å². The maximum Gasteiger partial charge on any atom is 0.276 e. The topological polar surface area (TPSA) is 111 Å². The molecule has 0 aliphatic heterocycles. The summed E-state index contributed by atoms with van der Waals surface area (Å²) >= 11 is 5.68. The predicted molar refractivity (Wildman–Crippen MR) is 67.4 cm³/mol. The lowest BCUT2D eigenvalue weighted by atomic mass is 10.0. The number of anilines is 1. The van der Waals surface area contributed by atoms with Gasteiger partial charge in [0.2, 0.25) is 5.91 Å². The molecule has 0 bridgehead atoms.